The Bertz CT molecular complexity index is 1520. The first-order valence-electron chi connectivity index (χ1n) is 9.71. The lowest BCUT2D eigenvalue weighted by molar-refractivity contribution is 0.341. The Balaban J connectivity index is 1.79. The second-order valence-corrected chi connectivity index (χ2v) is 7.25. The number of halogens is 1. The first-order chi connectivity index (χ1) is 15.2. The molecular formula is C22H17ClN6O2. The number of nitrogens with zero attached hydrogens (tertiary/aromatic N) is 6. The molecule has 154 valence electrons. The van der Waals surface area contributed by atoms with Gasteiger partial charge >= 0.3 is 0 Å². The number of ether oxygens (including phenoxy) is 1. The second kappa shape index (κ2) is 7.81. The van der Waals surface area contributed by atoms with Gasteiger partial charge in [-0.25, -0.2) is 15.0 Å². The summed E-state index contributed by atoms with van der Waals surface area (Å²) >= 11 is 6.28. The number of hydrogen-bond donors (Lipinski definition) is 0. The van der Waals surface area contributed by atoms with E-state index in [-0.39, 0.29) is 12.1 Å². The molecule has 0 aliphatic heterocycles. The molecule has 5 rings (SSSR count). The maximum Gasteiger partial charge on any atom is 0.265 e. The van der Waals surface area contributed by atoms with Crippen molar-refractivity contribution < 1.29 is 4.74 Å². The minimum Gasteiger partial charge on any atom is -0.482 e. The molecule has 0 saturated heterocycles. The molecule has 0 bridgehead atoms. The lowest BCUT2D eigenvalue weighted by Crippen LogP contribution is -2.21. The third kappa shape index (κ3) is 3.30. The standard InChI is InChI=1S/C22H17ClN6O2/c1-2-31-13-25-29-20-18(19-21(29)27-17-10-6-5-9-16(17)26-19)22(30)28(12-24-20)11-14-7-3-4-8-15(14)23/h3-10,12-13H,2,11H2,1H3/b25-13+. The topological polar surface area (TPSA) is 87.2 Å². The van der Waals surface area contributed by atoms with E-state index in [0.717, 1.165) is 5.56 Å². The highest BCUT2D eigenvalue weighted by atomic mass is 35.5. The molecule has 5 aromatic rings. The Morgan fingerprint density at radius 2 is 1.81 bits per heavy atom. The van der Waals surface area contributed by atoms with Crippen LogP contribution >= 0.6 is 11.6 Å². The quantitative estimate of drug-likeness (QED) is 0.311. The van der Waals surface area contributed by atoms with Gasteiger partial charge in [-0.3, -0.25) is 9.36 Å². The summed E-state index contributed by atoms with van der Waals surface area (Å²) in [5, 5.41) is 5.25. The number of benzene rings is 2. The normalized spacial score (nSPS) is 11.8. The van der Waals surface area contributed by atoms with E-state index < -0.39 is 0 Å². The Kier molecular flexibility index (Phi) is 4.83. The fourth-order valence-electron chi connectivity index (χ4n) is 3.44. The number of hydrogen-bond acceptors (Lipinski definition) is 6. The third-order valence-corrected chi connectivity index (χ3v) is 5.28. The molecule has 0 N–H and O–H groups in total. The Morgan fingerprint density at radius 3 is 2.58 bits per heavy atom. The highest BCUT2D eigenvalue weighted by Gasteiger charge is 2.20. The van der Waals surface area contributed by atoms with Gasteiger partial charge in [0, 0.05) is 5.02 Å². The highest BCUT2D eigenvalue weighted by molar-refractivity contribution is 6.31. The molecule has 3 heterocycles. The Labute approximate surface area is 181 Å². The molecule has 0 atom stereocenters. The first-order valence-corrected chi connectivity index (χ1v) is 10.1. The minimum absolute atomic E-state index is 0.245. The summed E-state index contributed by atoms with van der Waals surface area (Å²) in [6.07, 6.45) is 2.80. The zero-order chi connectivity index (χ0) is 21.4. The molecule has 0 aliphatic rings. The fraction of sp³-hybridized carbons (Fsp3) is 0.136. The van der Waals surface area contributed by atoms with E-state index in [0.29, 0.717) is 44.9 Å². The zero-order valence-corrected chi connectivity index (χ0v) is 17.3. The highest BCUT2D eigenvalue weighted by Crippen LogP contribution is 2.25. The van der Waals surface area contributed by atoms with Crippen molar-refractivity contribution in [2.75, 3.05) is 6.61 Å². The van der Waals surface area contributed by atoms with Crippen molar-refractivity contribution in [3.05, 3.63) is 75.8 Å². The maximum absolute atomic E-state index is 13.5. The van der Waals surface area contributed by atoms with Crippen LogP contribution in [0.15, 0.2) is 64.8 Å². The van der Waals surface area contributed by atoms with Crippen LogP contribution in [0.2, 0.25) is 5.02 Å². The van der Waals surface area contributed by atoms with Gasteiger partial charge in [-0.2, -0.15) is 4.68 Å². The van der Waals surface area contributed by atoms with Crippen LogP contribution in [0.3, 0.4) is 0 Å². The smallest absolute Gasteiger partial charge is 0.265 e. The van der Waals surface area contributed by atoms with Gasteiger partial charge < -0.3 is 4.74 Å². The van der Waals surface area contributed by atoms with Crippen LogP contribution in [-0.4, -0.2) is 37.2 Å². The second-order valence-electron chi connectivity index (χ2n) is 6.84. The van der Waals surface area contributed by atoms with Crippen LogP contribution < -0.4 is 5.56 Å². The molecule has 0 amide bonds. The van der Waals surface area contributed by atoms with Gasteiger partial charge in [0.2, 0.25) is 0 Å². The van der Waals surface area contributed by atoms with Crippen LogP contribution in [0.25, 0.3) is 33.2 Å². The number of fused-ring (bicyclic) bond motifs is 4. The average molecular weight is 433 g/mol. The van der Waals surface area contributed by atoms with Crippen LogP contribution in [0.4, 0.5) is 0 Å². The van der Waals surface area contributed by atoms with Crippen LogP contribution in [0.1, 0.15) is 12.5 Å². The van der Waals surface area contributed by atoms with Crippen LogP contribution in [0, 0.1) is 0 Å². The molecule has 8 nitrogen and oxygen atoms in total. The Morgan fingerprint density at radius 1 is 1.06 bits per heavy atom. The van der Waals surface area contributed by atoms with E-state index in [4.69, 9.17) is 21.3 Å². The first kappa shape index (κ1) is 19.2. The molecule has 0 fully saturated rings. The van der Waals surface area contributed by atoms with Gasteiger partial charge in [0.25, 0.3) is 5.56 Å². The molecule has 0 unspecified atom stereocenters. The van der Waals surface area contributed by atoms with Gasteiger partial charge in [-0.05, 0) is 30.7 Å². The monoisotopic (exact) mass is 432 g/mol. The molecule has 0 saturated carbocycles. The largest absolute Gasteiger partial charge is 0.482 e. The molecule has 3 aromatic heterocycles. The van der Waals surface area contributed by atoms with E-state index in [9.17, 15) is 4.79 Å². The van der Waals surface area contributed by atoms with E-state index in [2.05, 4.69) is 15.1 Å². The zero-order valence-electron chi connectivity index (χ0n) is 16.6. The third-order valence-electron chi connectivity index (χ3n) is 4.91. The lowest BCUT2D eigenvalue weighted by Gasteiger charge is -2.07. The van der Waals surface area contributed by atoms with E-state index in [1.54, 1.807) is 6.07 Å². The molecule has 0 aliphatic carbocycles. The van der Waals surface area contributed by atoms with Crippen molar-refractivity contribution in [1.29, 1.82) is 0 Å². The van der Waals surface area contributed by atoms with Crippen molar-refractivity contribution in [2.24, 2.45) is 5.10 Å². The van der Waals surface area contributed by atoms with Crippen LogP contribution in [-0.2, 0) is 11.3 Å². The average Bonchev–Trinajstić information content (AvgIpc) is 3.09. The summed E-state index contributed by atoms with van der Waals surface area (Å²) in [6, 6.07) is 14.9. The molecule has 31 heavy (non-hydrogen) atoms. The van der Waals surface area contributed by atoms with Gasteiger partial charge in [-0.1, -0.05) is 41.9 Å². The van der Waals surface area contributed by atoms with Crippen molar-refractivity contribution in [3.8, 4) is 0 Å². The maximum atomic E-state index is 13.5. The summed E-state index contributed by atoms with van der Waals surface area (Å²) < 4.78 is 8.25. The fourth-order valence-corrected chi connectivity index (χ4v) is 3.64. The molecule has 2 aromatic carbocycles. The van der Waals surface area contributed by atoms with E-state index in [1.165, 1.54) is 22.0 Å². The summed E-state index contributed by atoms with van der Waals surface area (Å²) in [5.74, 6) is 0. The summed E-state index contributed by atoms with van der Waals surface area (Å²) in [7, 11) is 0. The molecule has 0 spiro atoms. The molecule has 9 heteroatoms. The predicted molar refractivity (Wildman–Crippen MR) is 121 cm³/mol. The predicted octanol–water partition coefficient (Wildman–Crippen LogP) is 3.82. The van der Waals surface area contributed by atoms with Crippen molar-refractivity contribution in [2.45, 2.75) is 13.5 Å². The number of aromatic nitrogens is 5. The van der Waals surface area contributed by atoms with E-state index >= 15 is 0 Å². The number of para-hydroxylation sites is 2. The van der Waals surface area contributed by atoms with Crippen LogP contribution in [0.5, 0.6) is 0 Å². The lowest BCUT2D eigenvalue weighted by atomic mass is 10.2. The Hall–Kier alpha value is -3.78. The number of rotatable bonds is 5. The van der Waals surface area contributed by atoms with Crippen molar-refractivity contribution in [1.82, 2.24) is 24.2 Å². The summed E-state index contributed by atoms with van der Waals surface area (Å²) in [4.78, 5) is 27.3. The SMILES string of the molecule is CCO/C=N/n1c2nc3ccccc3nc2c2c(=O)n(Cc3ccccc3Cl)cnc21. The van der Waals surface area contributed by atoms with E-state index in [1.807, 2.05) is 49.4 Å². The molecule has 0 radical (unpaired) electrons. The van der Waals surface area contributed by atoms with Gasteiger partial charge in [-0.15, -0.1) is 5.10 Å². The minimum atomic E-state index is -0.245. The van der Waals surface area contributed by atoms with Crippen molar-refractivity contribution in [3.63, 3.8) is 0 Å². The van der Waals surface area contributed by atoms with Crippen molar-refractivity contribution >= 4 is 51.2 Å². The summed E-state index contributed by atoms with van der Waals surface area (Å²) in [5.41, 5.74) is 3.19. The summed E-state index contributed by atoms with van der Waals surface area (Å²) in [6.45, 7) is 2.61. The molecular weight excluding hydrogens is 416 g/mol. The van der Waals surface area contributed by atoms with Gasteiger partial charge in [0.05, 0.1) is 24.2 Å². The van der Waals surface area contributed by atoms with Gasteiger partial charge in [0.1, 0.15) is 17.2 Å². The van der Waals surface area contributed by atoms with Gasteiger partial charge in [0.15, 0.2) is 17.7 Å².